The van der Waals surface area contributed by atoms with Crippen molar-refractivity contribution in [1.82, 2.24) is 5.32 Å². The van der Waals surface area contributed by atoms with Gasteiger partial charge in [0.05, 0.1) is 7.11 Å². The molecule has 0 aromatic heterocycles. The van der Waals surface area contributed by atoms with Gasteiger partial charge in [0.1, 0.15) is 5.75 Å². The molecule has 0 aliphatic carbocycles. The maximum Gasteiger partial charge on any atom is 0.121 e. The molecule has 0 saturated heterocycles. The molecule has 0 spiro atoms. The van der Waals surface area contributed by atoms with Gasteiger partial charge in [-0.1, -0.05) is 12.1 Å². The lowest BCUT2D eigenvalue weighted by Gasteiger charge is -2.06. The van der Waals surface area contributed by atoms with Gasteiger partial charge in [-0.05, 0) is 31.2 Å². The zero-order chi connectivity index (χ0) is 8.97. The smallest absolute Gasteiger partial charge is 0.121 e. The lowest BCUT2D eigenvalue weighted by Crippen LogP contribution is -2.05. The molecule has 13 heavy (non-hydrogen) atoms. The number of hydrogen-bond acceptors (Lipinski definition) is 2. The van der Waals surface area contributed by atoms with Crippen LogP contribution in [0.3, 0.4) is 0 Å². The number of ether oxygens (including phenoxy) is 1. The van der Waals surface area contributed by atoms with E-state index in [1.807, 2.05) is 13.1 Å². The summed E-state index contributed by atoms with van der Waals surface area (Å²) in [5.74, 6) is 0.954. The molecule has 1 aromatic carbocycles. The van der Waals surface area contributed by atoms with Crippen molar-refractivity contribution in [3.05, 3.63) is 29.3 Å². The van der Waals surface area contributed by atoms with E-state index in [0.29, 0.717) is 0 Å². The summed E-state index contributed by atoms with van der Waals surface area (Å²) in [4.78, 5) is 0. The molecule has 0 aliphatic rings. The summed E-state index contributed by atoms with van der Waals surface area (Å²) in [6.07, 6.45) is 0. The third-order valence-corrected chi connectivity index (χ3v) is 1.84. The van der Waals surface area contributed by atoms with Crippen molar-refractivity contribution in [2.45, 2.75) is 13.5 Å². The first-order valence-electron chi connectivity index (χ1n) is 4.06. The summed E-state index contributed by atoms with van der Waals surface area (Å²) < 4.78 is 5.16. The molecule has 0 atom stereocenters. The largest absolute Gasteiger partial charge is 0.496 e. The summed E-state index contributed by atoms with van der Waals surface area (Å²) >= 11 is 0. The lowest BCUT2D eigenvalue weighted by atomic mass is 10.1. The van der Waals surface area contributed by atoms with Crippen LogP contribution in [0.1, 0.15) is 11.1 Å². The highest BCUT2D eigenvalue weighted by atomic mass is 35.5. The second kappa shape index (κ2) is 5.84. The van der Waals surface area contributed by atoms with Crippen molar-refractivity contribution in [2.75, 3.05) is 14.2 Å². The third kappa shape index (κ3) is 3.25. The molecule has 0 unspecified atom stereocenters. The Morgan fingerprint density at radius 2 is 2.08 bits per heavy atom. The normalized spacial score (nSPS) is 9.15. The van der Waals surface area contributed by atoms with Crippen LogP contribution in [0, 0.1) is 6.92 Å². The molecule has 1 N–H and O–H groups in total. The number of nitrogens with one attached hydrogen (secondary N) is 1. The van der Waals surface area contributed by atoms with Gasteiger partial charge in [0.25, 0.3) is 0 Å². The molecule has 1 rings (SSSR count). The molecule has 0 aliphatic heterocycles. The number of methoxy groups -OCH3 is 1. The Bertz CT molecular complexity index is 263. The van der Waals surface area contributed by atoms with Gasteiger partial charge in [-0.15, -0.1) is 12.4 Å². The van der Waals surface area contributed by atoms with Crippen LogP contribution in [0.2, 0.25) is 0 Å². The van der Waals surface area contributed by atoms with Gasteiger partial charge < -0.3 is 10.1 Å². The molecule has 74 valence electrons. The van der Waals surface area contributed by atoms with Crippen molar-refractivity contribution >= 4 is 12.4 Å². The number of hydrogen-bond donors (Lipinski definition) is 1. The highest BCUT2D eigenvalue weighted by molar-refractivity contribution is 5.85. The van der Waals surface area contributed by atoms with Crippen LogP contribution in [-0.2, 0) is 6.54 Å². The second-order valence-corrected chi connectivity index (χ2v) is 2.83. The molecule has 0 bridgehead atoms. The van der Waals surface area contributed by atoms with Gasteiger partial charge >= 0.3 is 0 Å². The molecule has 2 nitrogen and oxygen atoms in total. The van der Waals surface area contributed by atoms with Crippen molar-refractivity contribution in [1.29, 1.82) is 0 Å². The fourth-order valence-corrected chi connectivity index (χ4v) is 1.25. The van der Waals surface area contributed by atoms with Crippen LogP contribution in [-0.4, -0.2) is 14.2 Å². The Labute approximate surface area is 85.7 Å². The van der Waals surface area contributed by atoms with E-state index in [0.717, 1.165) is 12.3 Å². The molecule has 0 amide bonds. The van der Waals surface area contributed by atoms with E-state index in [1.165, 1.54) is 11.1 Å². The average Bonchev–Trinajstić information content (AvgIpc) is 2.05. The second-order valence-electron chi connectivity index (χ2n) is 2.83. The van der Waals surface area contributed by atoms with Crippen LogP contribution in [0.4, 0.5) is 0 Å². The Balaban J connectivity index is 0.00000144. The van der Waals surface area contributed by atoms with Crippen molar-refractivity contribution in [3.63, 3.8) is 0 Å². The zero-order valence-electron chi connectivity index (χ0n) is 8.26. The molecule has 0 heterocycles. The van der Waals surface area contributed by atoms with E-state index < -0.39 is 0 Å². The number of halogens is 1. The van der Waals surface area contributed by atoms with Crippen LogP contribution in [0.25, 0.3) is 0 Å². The van der Waals surface area contributed by atoms with E-state index in [4.69, 9.17) is 4.74 Å². The van der Waals surface area contributed by atoms with E-state index in [2.05, 4.69) is 24.4 Å². The van der Waals surface area contributed by atoms with E-state index in [1.54, 1.807) is 7.11 Å². The Kier molecular flexibility index (Phi) is 5.51. The van der Waals surface area contributed by atoms with Crippen molar-refractivity contribution < 1.29 is 4.74 Å². The molecular formula is C10H16ClNO. The van der Waals surface area contributed by atoms with Crippen molar-refractivity contribution in [3.8, 4) is 5.75 Å². The predicted octanol–water partition coefficient (Wildman–Crippen LogP) is 2.14. The summed E-state index contributed by atoms with van der Waals surface area (Å²) in [6, 6.07) is 6.21. The first kappa shape index (κ1) is 12.3. The van der Waals surface area contributed by atoms with Crippen LogP contribution in [0.15, 0.2) is 18.2 Å². The minimum Gasteiger partial charge on any atom is -0.496 e. The van der Waals surface area contributed by atoms with Crippen LogP contribution in [0.5, 0.6) is 5.75 Å². The number of aryl methyl sites for hydroxylation is 1. The van der Waals surface area contributed by atoms with Crippen molar-refractivity contribution in [2.24, 2.45) is 0 Å². The molecular weight excluding hydrogens is 186 g/mol. The third-order valence-electron chi connectivity index (χ3n) is 1.84. The van der Waals surface area contributed by atoms with Crippen LogP contribution < -0.4 is 10.1 Å². The first-order chi connectivity index (χ1) is 5.77. The van der Waals surface area contributed by atoms with E-state index in [9.17, 15) is 0 Å². The summed E-state index contributed by atoms with van der Waals surface area (Å²) in [6.45, 7) is 2.96. The monoisotopic (exact) mass is 201 g/mol. The zero-order valence-corrected chi connectivity index (χ0v) is 9.07. The maximum absolute atomic E-state index is 5.16. The van der Waals surface area contributed by atoms with Gasteiger partial charge in [-0.3, -0.25) is 0 Å². The fraction of sp³-hybridized carbons (Fsp3) is 0.400. The molecule has 0 radical (unpaired) electrons. The summed E-state index contributed by atoms with van der Waals surface area (Å²) in [5, 5.41) is 3.11. The lowest BCUT2D eigenvalue weighted by molar-refractivity contribution is 0.411. The fourth-order valence-electron chi connectivity index (χ4n) is 1.25. The SMILES string of the molecule is CNCc1ccc(OC)c(C)c1.Cl. The molecule has 3 heteroatoms. The van der Waals surface area contributed by atoms with Gasteiger partial charge in [0.2, 0.25) is 0 Å². The summed E-state index contributed by atoms with van der Waals surface area (Å²) in [5.41, 5.74) is 2.47. The predicted molar refractivity (Wildman–Crippen MR) is 57.7 cm³/mol. The Morgan fingerprint density at radius 3 is 2.54 bits per heavy atom. The summed E-state index contributed by atoms with van der Waals surface area (Å²) in [7, 11) is 3.64. The topological polar surface area (TPSA) is 21.3 Å². The minimum atomic E-state index is 0. The number of rotatable bonds is 3. The molecule has 1 aromatic rings. The highest BCUT2D eigenvalue weighted by Gasteiger charge is 1.97. The first-order valence-corrected chi connectivity index (χ1v) is 4.06. The Morgan fingerprint density at radius 1 is 1.38 bits per heavy atom. The Hall–Kier alpha value is -0.730. The van der Waals surface area contributed by atoms with Gasteiger partial charge in [-0.2, -0.15) is 0 Å². The van der Waals surface area contributed by atoms with Gasteiger partial charge in [-0.25, -0.2) is 0 Å². The maximum atomic E-state index is 5.16. The van der Waals surface area contributed by atoms with E-state index in [-0.39, 0.29) is 12.4 Å². The standard InChI is InChI=1S/C10H15NO.ClH/c1-8-6-9(7-11-2)4-5-10(8)12-3;/h4-6,11H,7H2,1-3H3;1H. The quantitative estimate of drug-likeness (QED) is 0.809. The average molecular weight is 202 g/mol. The van der Waals surface area contributed by atoms with Gasteiger partial charge in [0.15, 0.2) is 0 Å². The van der Waals surface area contributed by atoms with Gasteiger partial charge in [0, 0.05) is 6.54 Å². The van der Waals surface area contributed by atoms with E-state index >= 15 is 0 Å². The highest BCUT2D eigenvalue weighted by Crippen LogP contribution is 2.17. The molecule has 0 saturated carbocycles. The van der Waals surface area contributed by atoms with Crippen LogP contribution >= 0.6 is 12.4 Å². The molecule has 0 fully saturated rings. The minimum absolute atomic E-state index is 0. The number of benzene rings is 1.